The van der Waals surface area contributed by atoms with E-state index in [0.717, 1.165) is 32.2 Å². The number of methoxy groups -OCH3 is 1. The maximum atomic E-state index is 14.3. The summed E-state index contributed by atoms with van der Waals surface area (Å²) in [5.41, 5.74) is -0.439. The fourth-order valence-corrected chi connectivity index (χ4v) is 3.92. The van der Waals surface area contributed by atoms with Crippen LogP contribution in [0.25, 0.3) is 0 Å². The first-order valence-corrected chi connectivity index (χ1v) is 10.6. The number of benzene rings is 1. The van der Waals surface area contributed by atoms with Gasteiger partial charge in [0.25, 0.3) is 0 Å². The first-order valence-electron chi connectivity index (χ1n) is 10.3. The van der Waals surface area contributed by atoms with Gasteiger partial charge in [-0.1, -0.05) is 30.2 Å². The Labute approximate surface area is 178 Å². The summed E-state index contributed by atoms with van der Waals surface area (Å²) in [4.78, 5) is 14.1. The Morgan fingerprint density at radius 3 is 2.72 bits per heavy atom. The summed E-state index contributed by atoms with van der Waals surface area (Å²) in [6, 6.07) is 4.53. The number of aliphatic hydroxyl groups is 1. The van der Waals surface area contributed by atoms with Crippen molar-refractivity contribution in [3.63, 3.8) is 0 Å². The fraction of sp³-hybridized carbons (Fsp3) is 0.682. The van der Waals surface area contributed by atoms with Crippen molar-refractivity contribution in [2.75, 3.05) is 20.2 Å². The second-order valence-electron chi connectivity index (χ2n) is 8.77. The van der Waals surface area contributed by atoms with Gasteiger partial charge in [-0.05, 0) is 58.4 Å². The third-order valence-corrected chi connectivity index (χ3v) is 5.55. The minimum absolute atomic E-state index is 0.0394. The molecule has 0 aliphatic carbocycles. The van der Waals surface area contributed by atoms with Gasteiger partial charge in [-0.3, -0.25) is 0 Å². The molecule has 164 valence electrons. The number of amides is 1. The molecule has 1 N–H and O–H groups in total. The van der Waals surface area contributed by atoms with E-state index in [9.17, 15) is 14.3 Å². The molecule has 0 radical (unpaired) electrons. The topological polar surface area (TPSA) is 59.0 Å². The molecule has 2 rings (SSSR count). The van der Waals surface area contributed by atoms with Crippen LogP contribution < -0.4 is 0 Å². The number of carbonyl (C=O) groups excluding carboxylic acids is 1. The number of piperidine rings is 1. The van der Waals surface area contributed by atoms with Crippen molar-refractivity contribution >= 4 is 17.7 Å². The average molecular weight is 430 g/mol. The highest BCUT2D eigenvalue weighted by molar-refractivity contribution is 6.30. The van der Waals surface area contributed by atoms with Crippen molar-refractivity contribution in [1.29, 1.82) is 0 Å². The van der Waals surface area contributed by atoms with Gasteiger partial charge < -0.3 is 19.5 Å². The van der Waals surface area contributed by atoms with Gasteiger partial charge >= 0.3 is 6.09 Å². The summed E-state index contributed by atoms with van der Waals surface area (Å²) in [5, 5.41) is 10.7. The van der Waals surface area contributed by atoms with Crippen LogP contribution in [0.3, 0.4) is 0 Å². The molecular formula is C22H33ClFNO4. The Balaban J connectivity index is 1.84. The zero-order valence-corrected chi connectivity index (χ0v) is 18.6. The van der Waals surface area contributed by atoms with Gasteiger partial charge in [-0.25, -0.2) is 9.18 Å². The van der Waals surface area contributed by atoms with E-state index in [-0.39, 0.29) is 23.1 Å². The molecule has 0 spiro atoms. The molecule has 2 unspecified atom stereocenters. The van der Waals surface area contributed by atoms with Gasteiger partial charge in [-0.15, -0.1) is 0 Å². The molecule has 1 amide bonds. The molecule has 1 heterocycles. The third-order valence-electron chi connectivity index (χ3n) is 5.26. The molecule has 2 atom stereocenters. The lowest BCUT2D eigenvalue weighted by Gasteiger charge is -2.34. The largest absolute Gasteiger partial charge is 0.444 e. The Bertz CT molecular complexity index is 694. The first-order chi connectivity index (χ1) is 13.6. The summed E-state index contributed by atoms with van der Waals surface area (Å²) in [5.74, 6) is -1.96. The van der Waals surface area contributed by atoms with E-state index in [0.29, 0.717) is 18.9 Å². The van der Waals surface area contributed by atoms with E-state index in [4.69, 9.17) is 21.1 Å². The minimum Gasteiger partial charge on any atom is -0.444 e. The van der Waals surface area contributed by atoms with Gasteiger partial charge in [0, 0.05) is 32.2 Å². The highest BCUT2D eigenvalue weighted by Crippen LogP contribution is 2.33. The van der Waals surface area contributed by atoms with Crippen LogP contribution in [0.4, 0.5) is 9.18 Å². The number of hydrogen-bond acceptors (Lipinski definition) is 4. The minimum atomic E-state index is -1.70. The summed E-state index contributed by atoms with van der Waals surface area (Å²) < 4.78 is 25.0. The molecular weight excluding hydrogens is 397 g/mol. The molecule has 0 aromatic heterocycles. The number of ether oxygens (including phenoxy) is 2. The second-order valence-corrected chi connectivity index (χ2v) is 9.18. The van der Waals surface area contributed by atoms with E-state index in [1.165, 1.54) is 19.2 Å². The smallest absolute Gasteiger partial charge is 0.410 e. The number of likely N-dealkylation sites (tertiary alicyclic amines) is 1. The Kier molecular flexibility index (Phi) is 8.32. The van der Waals surface area contributed by atoms with E-state index in [1.807, 2.05) is 20.8 Å². The van der Waals surface area contributed by atoms with Crippen LogP contribution in [0.5, 0.6) is 0 Å². The maximum Gasteiger partial charge on any atom is 0.410 e. The molecule has 1 aromatic rings. The van der Waals surface area contributed by atoms with Gasteiger partial charge in [0.15, 0.2) is 5.79 Å². The summed E-state index contributed by atoms with van der Waals surface area (Å²) in [7, 11) is 1.36. The van der Waals surface area contributed by atoms with Crippen LogP contribution in [0.15, 0.2) is 18.2 Å². The van der Waals surface area contributed by atoms with Crippen molar-refractivity contribution < 1.29 is 23.8 Å². The molecule has 5 nitrogen and oxygen atoms in total. The molecule has 7 heteroatoms. The second kappa shape index (κ2) is 10.1. The van der Waals surface area contributed by atoms with E-state index >= 15 is 0 Å². The monoisotopic (exact) mass is 429 g/mol. The van der Waals surface area contributed by atoms with Crippen molar-refractivity contribution in [1.82, 2.24) is 4.90 Å². The predicted octanol–water partition coefficient (Wildman–Crippen LogP) is 5.48. The maximum absolute atomic E-state index is 14.3. The van der Waals surface area contributed by atoms with Crippen molar-refractivity contribution in [2.45, 2.75) is 70.7 Å². The Hall–Kier alpha value is -1.37. The summed E-state index contributed by atoms with van der Waals surface area (Å²) >= 11 is 5.83. The van der Waals surface area contributed by atoms with Crippen LogP contribution in [0.2, 0.25) is 5.02 Å². The number of hydrogen-bond donors (Lipinski definition) is 1. The van der Waals surface area contributed by atoms with Gasteiger partial charge in [0.05, 0.1) is 5.02 Å². The zero-order chi connectivity index (χ0) is 21.7. The molecule has 1 aliphatic heterocycles. The van der Waals surface area contributed by atoms with E-state index in [2.05, 4.69) is 0 Å². The number of rotatable bonds is 7. The predicted molar refractivity (Wildman–Crippen MR) is 111 cm³/mol. The lowest BCUT2D eigenvalue weighted by molar-refractivity contribution is -0.201. The number of unbranched alkanes of at least 4 members (excludes halogenated alkanes) is 1. The van der Waals surface area contributed by atoms with Crippen LogP contribution in [-0.2, 0) is 15.3 Å². The molecule has 1 fully saturated rings. The van der Waals surface area contributed by atoms with Crippen LogP contribution in [0, 0.1) is 11.7 Å². The van der Waals surface area contributed by atoms with Gasteiger partial charge in [0.2, 0.25) is 0 Å². The molecule has 0 saturated carbocycles. The van der Waals surface area contributed by atoms with Gasteiger partial charge in [0.1, 0.15) is 11.4 Å². The van der Waals surface area contributed by atoms with Crippen LogP contribution >= 0.6 is 11.6 Å². The quantitative estimate of drug-likeness (QED) is 0.460. The van der Waals surface area contributed by atoms with E-state index in [1.54, 1.807) is 11.0 Å². The fourth-order valence-electron chi connectivity index (χ4n) is 3.74. The normalized spacial score (nSPS) is 19.7. The highest BCUT2D eigenvalue weighted by Gasteiger charge is 2.33. The summed E-state index contributed by atoms with van der Waals surface area (Å²) in [6.45, 7) is 7.01. The molecule has 0 bridgehead atoms. The summed E-state index contributed by atoms with van der Waals surface area (Å²) in [6.07, 6.45) is 4.48. The standard InChI is InChI=1S/C22H33ClFNO4/c1-21(2,3)29-20(26)25-14-8-10-16(15-25)9-5-6-13-22(27,28-4)17-11-7-12-18(23)19(17)24/h7,11-12,16,27H,5-6,8-10,13-15H2,1-4H3. The number of carbonyl (C=O) groups is 1. The number of nitrogens with zero attached hydrogens (tertiary/aromatic N) is 1. The van der Waals surface area contributed by atoms with Crippen LogP contribution in [0.1, 0.15) is 64.9 Å². The number of halogens is 2. The molecule has 1 aromatic carbocycles. The van der Waals surface area contributed by atoms with Gasteiger partial charge in [-0.2, -0.15) is 0 Å². The lowest BCUT2D eigenvalue weighted by Crippen LogP contribution is -2.42. The first kappa shape index (κ1) is 23.9. The SMILES string of the molecule is COC(O)(CCCCC1CCCN(C(=O)OC(C)(C)C)C1)c1cccc(Cl)c1F. The van der Waals surface area contributed by atoms with Crippen molar-refractivity contribution in [3.8, 4) is 0 Å². The van der Waals surface area contributed by atoms with Crippen LogP contribution in [-0.4, -0.2) is 41.9 Å². The lowest BCUT2D eigenvalue weighted by atomic mass is 9.91. The highest BCUT2D eigenvalue weighted by atomic mass is 35.5. The van der Waals surface area contributed by atoms with Crippen molar-refractivity contribution in [3.05, 3.63) is 34.6 Å². The molecule has 1 saturated heterocycles. The average Bonchev–Trinajstić information content (AvgIpc) is 2.66. The molecule has 29 heavy (non-hydrogen) atoms. The third kappa shape index (κ3) is 6.83. The van der Waals surface area contributed by atoms with E-state index < -0.39 is 17.2 Å². The zero-order valence-electron chi connectivity index (χ0n) is 17.8. The molecule has 1 aliphatic rings. The van der Waals surface area contributed by atoms with Crippen molar-refractivity contribution in [2.24, 2.45) is 5.92 Å². The Morgan fingerprint density at radius 1 is 1.34 bits per heavy atom. The Morgan fingerprint density at radius 2 is 2.07 bits per heavy atom.